The van der Waals surface area contributed by atoms with E-state index in [4.69, 9.17) is 4.74 Å². The van der Waals surface area contributed by atoms with Crippen molar-refractivity contribution >= 4 is 16.8 Å². The van der Waals surface area contributed by atoms with Gasteiger partial charge < -0.3 is 19.7 Å². The number of H-pyrrole nitrogens is 1. The van der Waals surface area contributed by atoms with E-state index in [1.807, 2.05) is 0 Å². The number of alkyl halides is 3. The lowest BCUT2D eigenvalue weighted by Gasteiger charge is -2.38. The van der Waals surface area contributed by atoms with Crippen LogP contribution in [-0.2, 0) is 11.8 Å². The number of hydrogen-bond donors (Lipinski definition) is 2. The molecule has 9 heteroatoms. The molecule has 2 aromatic carbocycles. The van der Waals surface area contributed by atoms with Crippen LogP contribution >= 0.6 is 0 Å². The highest BCUT2D eigenvalue weighted by Gasteiger charge is 2.56. The Kier molecular flexibility index (Phi) is 6.81. The highest BCUT2D eigenvalue weighted by molar-refractivity contribution is 5.98. The molecule has 0 bridgehead atoms. The van der Waals surface area contributed by atoms with Crippen LogP contribution in [0.3, 0.4) is 0 Å². The predicted octanol–water partition coefficient (Wildman–Crippen LogP) is 5.76. The minimum Gasteiger partial charge on any atom is -0.496 e. The van der Waals surface area contributed by atoms with E-state index in [-0.39, 0.29) is 22.9 Å². The average molecular weight is 507 g/mol. The second-order valence-electron chi connectivity index (χ2n) is 10.2. The number of nitrogens with zero attached hydrogens (tertiary/aromatic N) is 1. The molecule has 1 aliphatic rings. The number of likely N-dealkylation sites (tertiary alicyclic amines) is 1. The van der Waals surface area contributed by atoms with Crippen molar-refractivity contribution in [1.82, 2.24) is 9.88 Å². The summed E-state index contributed by atoms with van der Waals surface area (Å²) in [4.78, 5) is 17.4. The molecule has 2 heterocycles. The van der Waals surface area contributed by atoms with Crippen molar-refractivity contribution in [2.24, 2.45) is 0 Å². The van der Waals surface area contributed by atoms with E-state index in [9.17, 15) is 27.5 Å². The summed E-state index contributed by atoms with van der Waals surface area (Å²) in [6, 6.07) is 10.2. The Balaban J connectivity index is 1.64. The maximum atomic E-state index is 14.3. The van der Waals surface area contributed by atoms with Crippen LogP contribution in [0.2, 0.25) is 0 Å². The smallest absolute Gasteiger partial charge is 0.417 e. The highest BCUT2D eigenvalue weighted by atomic mass is 19.4. The Morgan fingerprint density at radius 1 is 1.08 bits per heavy atom. The molecule has 1 saturated heterocycles. The number of fused-ring (bicyclic) bond motifs is 1. The van der Waals surface area contributed by atoms with Crippen LogP contribution in [0.15, 0.2) is 42.5 Å². The molecule has 0 radical (unpaired) electrons. The van der Waals surface area contributed by atoms with Crippen molar-refractivity contribution in [2.75, 3.05) is 20.2 Å². The standard InChI is InChI=1S/C27H30F4N2O3/c1-25(2,21-14-19(28)7-9-23(21)36-3)16-26(35,27(29,30)31)15-20-13-18-12-17(6-8-22(18)32-20)24(34)33-10-4-5-11-33/h6-9,12-14,32,35H,4-5,10-11,15-16H2,1-3H3. The molecule has 0 aliphatic carbocycles. The van der Waals surface area contributed by atoms with E-state index in [1.54, 1.807) is 23.1 Å². The quantitative estimate of drug-likeness (QED) is 0.401. The lowest BCUT2D eigenvalue weighted by molar-refractivity contribution is -0.266. The number of halogens is 4. The molecular formula is C27H30F4N2O3. The predicted molar refractivity (Wildman–Crippen MR) is 129 cm³/mol. The van der Waals surface area contributed by atoms with Gasteiger partial charge in [-0.3, -0.25) is 4.79 Å². The SMILES string of the molecule is COc1ccc(F)cc1C(C)(C)CC(O)(Cc1cc2cc(C(=O)N3CCCC3)ccc2[nH]1)C(F)(F)F. The molecule has 5 nitrogen and oxygen atoms in total. The summed E-state index contributed by atoms with van der Waals surface area (Å²) in [5.41, 5.74) is -2.94. The number of rotatable bonds is 7. The van der Waals surface area contributed by atoms with Gasteiger partial charge in [-0.05, 0) is 67.1 Å². The van der Waals surface area contributed by atoms with Crippen LogP contribution in [0.1, 0.15) is 54.7 Å². The first-order valence-corrected chi connectivity index (χ1v) is 11.9. The molecule has 36 heavy (non-hydrogen) atoms. The number of benzene rings is 2. The van der Waals surface area contributed by atoms with Gasteiger partial charge in [-0.2, -0.15) is 13.2 Å². The van der Waals surface area contributed by atoms with Gasteiger partial charge >= 0.3 is 6.18 Å². The van der Waals surface area contributed by atoms with Crippen molar-refractivity contribution in [1.29, 1.82) is 0 Å². The molecule has 3 aromatic rings. The number of methoxy groups -OCH3 is 1. The second kappa shape index (κ2) is 9.42. The van der Waals surface area contributed by atoms with Gasteiger partial charge in [0.05, 0.1) is 7.11 Å². The molecule has 1 amide bonds. The number of aliphatic hydroxyl groups is 1. The molecule has 4 rings (SSSR count). The van der Waals surface area contributed by atoms with Crippen LogP contribution in [0.4, 0.5) is 17.6 Å². The molecule has 1 fully saturated rings. The van der Waals surface area contributed by atoms with E-state index < -0.39 is 35.9 Å². The van der Waals surface area contributed by atoms with E-state index in [1.165, 1.54) is 39.2 Å². The average Bonchev–Trinajstić information content (AvgIpc) is 3.46. The number of amides is 1. The minimum atomic E-state index is -4.96. The molecule has 0 saturated carbocycles. The zero-order chi connectivity index (χ0) is 26.3. The summed E-state index contributed by atoms with van der Waals surface area (Å²) in [6.45, 7) is 4.42. The van der Waals surface area contributed by atoms with Crippen molar-refractivity contribution in [3.05, 3.63) is 65.1 Å². The summed E-state index contributed by atoms with van der Waals surface area (Å²) in [5.74, 6) is -0.467. The molecule has 0 spiro atoms. The van der Waals surface area contributed by atoms with Crippen molar-refractivity contribution < 1.29 is 32.2 Å². The van der Waals surface area contributed by atoms with Gasteiger partial charge in [-0.1, -0.05) is 13.8 Å². The van der Waals surface area contributed by atoms with Crippen LogP contribution in [0, 0.1) is 5.82 Å². The zero-order valence-corrected chi connectivity index (χ0v) is 20.5. The van der Waals surface area contributed by atoms with Gasteiger partial charge in [0.1, 0.15) is 11.6 Å². The maximum Gasteiger partial charge on any atom is 0.417 e. The van der Waals surface area contributed by atoms with Gasteiger partial charge in [0, 0.05) is 47.2 Å². The fraction of sp³-hybridized carbons (Fsp3) is 0.444. The van der Waals surface area contributed by atoms with Crippen molar-refractivity contribution in [3.63, 3.8) is 0 Å². The fourth-order valence-corrected chi connectivity index (χ4v) is 5.14. The van der Waals surface area contributed by atoms with Gasteiger partial charge in [-0.25, -0.2) is 4.39 Å². The highest BCUT2D eigenvalue weighted by Crippen LogP contribution is 2.45. The lowest BCUT2D eigenvalue weighted by Crippen LogP contribution is -2.51. The third kappa shape index (κ3) is 5.07. The van der Waals surface area contributed by atoms with Gasteiger partial charge in [0.15, 0.2) is 5.60 Å². The zero-order valence-electron chi connectivity index (χ0n) is 20.5. The van der Waals surface area contributed by atoms with Gasteiger partial charge in [0.25, 0.3) is 5.91 Å². The molecule has 194 valence electrons. The monoisotopic (exact) mass is 506 g/mol. The number of hydrogen-bond acceptors (Lipinski definition) is 3. The molecular weight excluding hydrogens is 476 g/mol. The molecule has 1 atom stereocenters. The third-order valence-electron chi connectivity index (χ3n) is 6.95. The number of carbonyl (C=O) groups is 1. The maximum absolute atomic E-state index is 14.3. The number of nitrogens with one attached hydrogen (secondary N) is 1. The van der Waals surface area contributed by atoms with Gasteiger partial charge in [0.2, 0.25) is 0 Å². The lowest BCUT2D eigenvalue weighted by atomic mass is 9.73. The largest absolute Gasteiger partial charge is 0.496 e. The summed E-state index contributed by atoms with van der Waals surface area (Å²) in [5, 5.41) is 11.6. The molecule has 1 aliphatic heterocycles. The molecule has 1 unspecified atom stereocenters. The van der Waals surface area contributed by atoms with Crippen molar-refractivity contribution in [2.45, 2.75) is 56.7 Å². The topological polar surface area (TPSA) is 65.6 Å². The van der Waals surface area contributed by atoms with Gasteiger partial charge in [-0.15, -0.1) is 0 Å². The van der Waals surface area contributed by atoms with E-state index in [2.05, 4.69) is 4.98 Å². The Bertz CT molecular complexity index is 1260. The molecule has 1 aromatic heterocycles. The van der Waals surface area contributed by atoms with Crippen molar-refractivity contribution in [3.8, 4) is 5.75 Å². The van der Waals surface area contributed by atoms with Crippen LogP contribution < -0.4 is 4.74 Å². The fourth-order valence-electron chi connectivity index (χ4n) is 5.14. The first-order valence-electron chi connectivity index (χ1n) is 11.9. The number of ether oxygens (including phenoxy) is 1. The summed E-state index contributed by atoms with van der Waals surface area (Å²) in [6.07, 6.45) is -4.51. The Morgan fingerprint density at radius 3 is 2.42 bits per heavy atom. The van der Waals surface area contributed by atoms with E-state index in [0.29, 0.717) is 29.6 Å². The first-order chi connectivity index (χ1) is 16.8. The van der Waals surface area contributed by atoms with Crippen LogP contribution in [0.25, 0.3) is 10.9 Å². The Labute approximate surface area is 207 Å². The third-order valence-corrected chi connectivity index (χ3v) is 6.95. The summed E-state index contributed by atoms with van der Waals surface area (Å²) < 4.78 is 62.0. The Morgan fingerprint density at radius 2 is 1.78 bits per heavy atom. The summed E-state index contributed by atoms with van der Waals surface area (Å²) >= 11 is 0. The molecule has 2 N–H and O–H groups in total. The van der Waals surface area contributed by atoms with E-state index in [0.717, 1.165) is 18.9 Å². The number of carbonyl (C=O) groups excluding carboxylic acids is 1. The minimum absolute atomic E-state index is 0.102. The number of aromatic amines is 1. The van der Waals surface area contributed by atoms with E-state index >= 15 is 0 Å². The normalized spacial score (nSPS) is 16.4. The number of aromatic nitrogens is 1. The van der Waals surface area contributed by atoms with Crippen LogP contribution in [0.5, 0.6) is 5.75 Å². The Hall–Kier alpha value is -3.07. The second-order valence-corrected chi connectivity index (χ2v) is 10.2. The first kappa shape index (κ1) is 26.0. The van der Waals surface area contributed by atoms with Crippen LogP contribution in [-0.4, -0.2) is 52.9 Å². The summed E-state index contributed by atoms with van der Waals surface area (Å²) in [7, 11) is 1.36.